The van der Waals surface area contributed by atoms with Crippen LogP contribution in [0.4, 0.5) is 0 Å². The summed E-state index contributed by atoms with van der Waals surface area (Å²) in [4.78, 5) is 43.4. The van der Waals surface area contributed by atoms with Crippen LogP contribution in [-0.2, 0) is 14.4 Å². The first-order valence-corrected chi connectivity index (χ1v) is 14.2. The van der Waals surface area contributed by atoms with E-state index >= 15 is 0 Å². The minimum Gasteiger partial charge on any atom is -0.508 e. The second kappa shape index (κ2) is 10.7. The van der Waals surface area contributed by atoms with Crippen LogP contribution in [0.3, 0.4) is 0 Å². The lowest BCUT2D eigenvalue weighted by molar-refractivity contribution is -0.169. The van der Waals surface area contributed by atoms with E-state index in [1.165, 1.54) is 11.0 Å². The van der Waals surface area contributed by atoms with E-state index in [-0.39, 0.29) is 36.1 Å². The van der Waals surface area contributed by atoms with Gasteiger partial charge in [0.25, 0.3) is 0 Å². The Bertz CT molecular complexity index is 1340. The number of likely N-dealkylation sites (N-methyl/N-ethyl adjacent to an activating group) is 1. The number of carbonyl (C=O) groups is 3. The molecule has 224 valence electrons. The molecule has 5 rings (SSSR count). The predicted molar refractivity (Wildman–Crippen MR) is 153 cm³/mol. The van der Waals surface area contributed by atoms with Gasteiger partial charge in [0.1, 0.15) is 22.8 Å². The normalized spacial score (nSPS) is 32.7. The lowest BCUT2D eigenvalue weighted by atomic mass is 9.54. The van der Waals surface area contributed by atoms with Gasteiger partial charge in [0.15, 0.2) is 17.2 Å². The van der Waals surface area contributed by atoms with Crippen molar-refractivity contribution in [1.29, 1.82) is 0 Å². The zero-order chi connectivity index (χ0) is 29.3. The van der Waals surface area contributed by atoms with Crippen LogP contribution < -0.4 is 0 Å². The van der Waals surface area contributed by atoms with Crippen LogP contribution >= 0.6 is 0 Å². The van der Waals surface area contributed by atoms with Gasteiger partial charge in [-0.25, -0.2) is 0 Å². The van der Waals surface area contributed by atoms with Crippen LogP contribution in [0.2, 0.25) is 0 Å². The summed E-state index contributed by atoms with van der Waals surface area (Å²) in [5.41, 5.74) is -3.60. The fraction of sp³-hybridized carbons (Fsp3) is 0.594. The van der Waals surface area contributed by atoms with Crippen LogP contribution in [-0.4, -0.2) is 79.6 Å². The van der Waals surface area contributed by atoms with Crippen molar-refractivity contribution in [2.24, 2.45) is 17.3 Å². The molecular formula is C32H43NO8. The maximum absolute atomic E-state index is 14.2. The number of phenols is 1. The number of aromatic hydroxyl groups is 1. The number of carbonyl (C=O) groups excluding carboxylic acids is 3. The molecule has 2 saturated carbocycles. The van der Waals surface area contributed by atoms with Crippen molar-refractivity contribution in [2.45, 2.75) is 89.9 Å². The Morgan fingerprint density at radius 3 is 2.29 bits per heavy atom. The number of aliphatic hydroxyl groups is 4. The highest BCUT2D eigenvalue weighted by Gasteiger charge is 2.68. The van der Waals surface area contributed by atoms with E-state index < -0.39 is 69.9 Å². The van der Waals surface area contributed by atoms with E-state index in [9.17, 15) is 39.9 Å². The molecule has 0 spiro atoms. The Hall–Kier alpha value is -3.01. The molecule has 4 aliphatic rings. The number of ketones is 3. The molecule has 0 saturated heterocycles. The molecule has 1 aromatic rings. The van der Waals surface area contributed by atoms with Gasteiger partial charge in [-0.3, -0.25) is 19.3 Å². The Morgan fingerprint density at radius 1 is 1.07 bits per heavy atom. The van der Waals surface area contributed by atoms with Gasteiger partial charge in [-0.15, -0.1) is 0 Å². The van der Waals surface area contributed by atoms with Crippen LogP contribution in [0.5, 0.6) is 5.75 Å². The molecule has 0 bridgehead atoms. The highest BCUT2D eigenvalue weighted by atomic mass is 16.4. The average Bonchev–Trinajstić information content (AvgIpc) is 2.91. The quantitative estimate of drug-likeness (QED) is 0.331. The van der Waals surface area contributed by atoms with E-state index in [0.717, 1.165) is 32.1 Å². The highest BCUT2D eigenvalue weighted by Crippen LogP contribution is 2.56. The molecule has 0 aliphatic heterocycles. The molecule has 9 nitrogen and oxygen atoms in total. The summed E-state index contributed by atoms with van der Waals surface area (Å²) in [6.45, 7) is 3.72. The number of Topliss-reactive ketones (excluding diaryl/α,β-unsaturated/α-hetero) is 3. The summed E-state index contributed by atoms with van der Waals surface area (Å²) in [5.74, 6) is -7.52. The molecule has 0 amide bonds. The minimum absolute atomic E-state index is 0. The second-order valence-corrected chi connectivity index (χ2v) is 12.4. The Balaban J connectivity index is 0.00000387. The monoisotopic (exact) mass is 569 g/mol. The minimum atomic E-state index is -2.83. The van der Waals surface area contributed by atoms with Gasteiger partial charge in [-0.05, 0) is 49.9 Å². The smallest absolute Gasteiger partial charge is 0.202 e. The van der Waals surface area contributed by atoms with Crippen LogP contribution in [0, 0.1) is 17.3 Å². The number of hydrogen-bond acceptors (Lipinski definition) is 9. The number of benzene rings is 1. The van der Waals surface area contributed by atoms with Crippen molar-refractivity contribution in [3.8, 4) is 5.75 Å². The largest absolute Gasteiger partial charge is 0.508 e. The second-order valence-electron chi connectivity index (χ2n) is 12.4. The van der Waals surface area contributed by atoms with Crippen molar-refractivity contribution in [3.05, 3.63) is 46.2 Å². The van der Waals surface area contributed by atoms with Gasteiger partial charge in [0.05, 0.1) is 23.6 Å². The molecule has 0 aromatic heterocycles. The summed E-state index contributed by atoms with van der Waals surface area (Å²) in [5, 5.41) is 57.1. The number of fused-ring (bicyclic) bond motifs is 3. The summed E-state index contributed by atoms with van der Waals surface area (Å²) in [6.07, 6.45) is 3.76. The zero-order valence-corrected chi connectivity index (χ0v) is 23.5. The number of hydrogen-bond donors (Lipinski definition) is 5. The SMILES string of the molecule is C.CCC1(CC(=O)C2=C(O)[C@@]3(O)C(=O)C4=C(O)c5c(O)cccc5[C@H](C)[C@H]4[C@H](O)[C@H]3[C@H](N(C)C)C2=O)CCCCC1. The van der Waals surface area contributed by atoms with Gasteiger partial charge in [-0.2, -0.15) is 0 Å². The number of nitrogens with zero attached hydrogens (tertiary/aromatic N) is 1. The molecule has 1 aromatic carbocycles. The highest BCUT2D eigenvalue weighted by molar-refractivity contribution is 6.25. The van der Waals surface area contributed by atoms with Crippen molar-refractivity contribution in [3.63, 3.8) is 0 Å². The molecular weight excluding hydrogens is 526 g/mol. The molecule has 4 aliphatic carbocycles. The Labute approximate surface area is 241 Å². The van der Waals surface area contributed by atoms with Crippen molar-refractivity contribution in [1.82, 2.24) is 4.90 Å². The molecule has 0 unspecified atom stereocenters. The van der Waals surface area contributed by atoms with E-state index in [1.807, 2.05) is 6.92 Å². The standard InChI is InChI=1S/C31H39NO8.CH4/c1-5-30(12-7-6-8-13-30)14-18(34)21-27(37)24(32(3)4)23-26(36)19-15(2)16-10-9-11-17(33)20(16)25(35)22(19)29(39)31(23,40)28(21)38;/h9-11,15,19,23-24,26,33,35-36,38,40H,5-8,12-14H2,1-4H3;1H4/t15-,19+,23+,24-,26-,31+;/m0./s1. The Morgan fingerprint density at radius 2 is 1.71 bits per heavy atom. The summed E-state index contributed by atoms with van der Waals surface area (Å²) in [6, 6.07) is 3.33. The van der Waals surface area contributed by atoms with E-state index in [1.54, 1.807) is 33.2 Å². The van der Waals surface area contributed by atoms with Crippen molar-refractivity contribution in [2.75, 3.05) is 14.1 Å². The summed E-state index contributed by atoms with van der Waals surface area (Å²) >= 11 is 0. The number of aliphatic hydroxyl groups excluding tert-OH is 3. The third-order valence-corrected chi connectivity index (χ3v) is 10.2. The topological polar surface area (TPSA) is 156 Å². The Kier molecular flexibility index (Phi) is 8.06. The lowest BCUT2D eigenvalue weighted by Crippen LogP contribution is -2.70. The molecule has 41 heavy (non-hydrogen) atoms. The van der Waals surface area contributed by atoms with Gasteiger partial charge >= 0.3 is 0 Å². The van der Waals surface area contributed by atoms with E-state index in [4.69, 9.17) is 0 Å². The van der Waals surface area contributed by atoms with Crippen molar-refractivity contribution >= 4 is 23.1 Å². The van der Waals surface area contributed by atoms with Crippen LogP contribution in [0.25, 0.3) is 5.76 Å². The molecule has 2 fully saturated rings. The van der Waals surface area contributed by atoms with Gasteiger partial charge < -0.3 is 25.5 Å². The fourth-order valence-electron chi connectivity index (χ4n) is 7.99. The summed E-state index contributed by atoms with van der Waals surface area (Å²) < 4.78 is 0. The number of rotatable bonds is 5. The van der Waals surface area contributed by atoms with Gasteiger partial charge in [0, 0.05) is 17.9 Å². The van der Waals surface area contributed by atoms with Crippen LogP contribution in [0.1, 0.15) is 83.3 Å². The molecule has 9 heteroatoms. The first kappa shape index (κ1) is 30.9. The third-order valence-electron chi connectivity index (χ3n) is 10.2. The first-order chi connectivity index (χ1) is 18.8. The van der Waals surface area contributed by atoms with Crippen molar-refractivity contribution < 1.29 is 39.9 Å². The van der Waals surface area contributed by atoms with Gasteiger partial charge in [0.2, 0.25) is 5.78 Å². The third kappa shape index (κ3) is 4.27. The fourth-order valence-corrected chi connectivity index (χ4v) is 7.99. The number of phenolic OH excluding ortho intramolecular Hbond substituents is 1. The van der Waals surface area contributed by atoms with E-state index in [0.29, 0.717) is 12.0 Å². The maximum Gasteiger partial charge on any atom is 0.202 e. The molecule has 0 heterocycles. The maximum atomic E-state index is 14.2. The average molecular weight is 570 g/mol. The zero-order valence-electron chi connectivity index (χ0n) is 23.5. The first-order valence-electron chi connectivity index (χ1n) is 14.2. The van der Waals surface area contributed by atoms with Crippen LogP contribution in [0.15, 0.2) is 35.1 Å². The van der Waals surface area contributed by atoms with Gasteiger partial charge in [-0.1, -0.05) is 59.1 Å². The molecule has 6 atom stereocenters. The lowest BCUT2D eigenvalue weighted by Gasteiger charge is -2.54. The summed E-state index contributed by atoms with van der Waals surface area (Å²) in [7, 11) is 3.11. The predicted octanol–water partition coefficient (Wildman–Crippen LogP) is 3.97. The molecule has 5 N–H and O–H groups in total. The molecule has 0 radical (unpaired) electrons. The van der Waals surface area contributed by atoms with E-state index in [2.05, 4.69) is 0 Å².